The van der Waals surface area contributed by atoms with Crippen LogP contribution in [0.25, 0.3) is 0 Å². The Balaban J connectivity index is 1.16. The smallest absolute Gasteiger partial charge is 0.0999 e. The molecule has 0 N–H and O–H groups in total. The minimum absolute atomic E-state index is 0.592. The molecule has 0 atom stereocenters. The fourth-order valence-corrected chi connectivity index (χ4v) is 6.75. The normalized spacial score (nSPS) is 10.7. The highest BCUT2D eigenvalue weighted by molar-refractivity contribution is 5.80. The second kappa shape index (κ2) is 15.9. The SMILES string of the molecule is c1ccc(N(CN(c2ccccc2)c2ccc(N(c3ccccc3)c3ccccc3)cc2)c2ccc(N(c3ccccc3)c3ccccc3)cc2)cc1. The summed E-state index contributed by atoms with van der Waals surface area (Å²) in [6, 6.07) is 81.2. The molecule has 8 rings (SSSR count). The molecule has 0 radical (unpaired) electrons. The molecule has 0 bridgehead atoms. The van der Waals surface area contributed by atoms with Crippen LogP contribution in [0.4, 0.5) is 56.9 Å². The maximum Gasteiger partial charge on any atom is 0.0999 e. The summed E-state index contributed by atoms with van der Waals surface area (Å²) in [5, 5.41) is 0. The van der Waals surface area contributed by atoms with Gasteiger partial charge in [-0.25, -0.2) is 0 Å². The summed E-state index contributed by atoms with van der Waals surface area (Å²) in [5.74, 6) is 0. The fraction of sp³-hybridized carbons (Fsp3) is 0.0204. The molecule has 0 saturated carbocycles. The quantitative estimate of drug-likeness (QED) is 0.119. The lowest BCUT2D eigenvalue weighted by molar-refractivity contribution is 0.926. The molecule has 0 unspecified atom stereocenters. The zero-order chi connectivity index (χ0) is 35.7. The number of rotatable bonds is 12. The molecule has 8 aromatic carbocycles. The number of hydrogen-bond donors (Lipinski definition) is 0. The Morgan fingerprint density at radius 2 is 0.358 bits per heavy atom. The van der Waals surface area contributed by atoms with Crippen LogP contribution >= 0.6 is 0 Å². The third-order valence-electron chi connectivity index (χ3n) is 9.32. The van der Waals surface area contributed by atoms with E-state index >= 15 is 0 Å². The van der Waals surface area contributed by atoms with Crippen LogP contribution in [0.5, 0.6) is 0 Å². The molecule has 8 aromatic rings. The Hall–Kier alpha value is -7.04. The van der Waals surface area contributed by atoms with Crippen molar-refractivity contribution < 1.29 is 0 Å². The van der Waals surface area contributed by atoms with E-state index in [0.29, 0.717) is 6.67 Å². The molecule has 0 heterocycles. The van der Waals surface area contributed by atoms with E-state index in [1.807, 2.05) is 0 Å². The van der Waals surface area contributed by atoms with Gasteiger partial charge in [-0.2, -0.15) is 0 Å². The van der Waals surface area contributed by atoms with E-state index in [2.05, 4.69) is 250 Å². The standard InChI is InChI=1S/C49H40N4/c1-7-19-40(20-8-1)50(42-31-35-48(36-32-42)52(44-23-11-3-12-24-44)45-25-13-4-14-26-45)39-51(41-21-9-2-10-22-41)43-33-37-49(38-34-43)53(46-27-15-5-16-28-46)47-29-17-6-18-30-47/h1-38H,39H2. The van der Waals surface area contributed by atoms with Crippen LogP contribution in [0.3, 0.4) is 0 Å². The molecule has 0 fully saturated rings. The van der Waals surface area contributed by atoms with Crippen LogP contribution in [-0.2, 0) is 0 Å². The van der Waals surface area contributed by atoms with Gasteiger partial charge in [0.2, 0.25) is 0 Å². The Labute approximate surface area is 312 Å². The summed E-state index contributed by atoms with van der Waals surface area (Å²) in [6.45, 7) is 0.592. The van der Waals surface area contributed by atoms with Crippen LogP contribution in [-0.4, -0.2) is 6.67 Å². The van der Waals surface area contributed by atoms with E-state index in [9.17, 15) is 0 Å². The first kappa shape index (κ1) is 33.1. The largest absolute Gasteiger partial charge is 0.323 e. The van der Waals surface area contributed by atoms with Crippen molar-refractivity contribution in [3.8, 4) is 0 Å². The Morgan fingerprint density at radius 1 is 0.189 bits per heavy atom. The highest BCUT2D eigenvalue weighted by Crippen LogP contribution is 2.39. The van der Waals surface area contributed by atoms with E-state index in [-0.39, 0.29) is 0 Å². The van der Waals surface area contributed by atoms with Crippen molar-refractivity contribution in [3.63, 3.8) is 0 Å². The van der Waals surface area contributed by atoms with Gasteiger partial charge < -0.3 is 19.6 Å². The topological polar surface area (TPSA) is 13.0 Å². The highest BCUT2D eigenvalue weighted by atomic mass is 15.3. The molecule has 4 nitrogen and oxygen atoms in total. The Bertz CT molecular complexity index is 2040. The third-order valence-corrected chi connectivity index (χ3v) is 9.32. The van der Waals surface area contributed by atoms with E-state index < -0.39 is 0 Å². The van der Waals surface area contributed by atoms with Crippen LogP contribution in [0.2, 0.25) is 0 Å². The number of anilines is 10. The molecule has 0 aliphatic rings. The summed E-state index contributed by atoms with van der Waals surface area (Å²) < 4.78 is 0. The molecule has 0 aliphatic carbocycles. The van der Waals surface area contributed by atoms with Gasteiger partial charge in [0.1, 0.15) is 0 Å². The van der Waals surface area contributed by atoms with Crippen molar-refractivity contribution in [2.75, 3.05) is 26.3 Å². The minimum Gasteiger partial charge on any atom is -0.323 e. The zero-order valence-corrected chi connectivity index (χ0v) is 29.4. The maximum absolute atomic E-state index is 2.38. The molecule has 0 aromatic heterocycles. The lowest BCUT2D eigenvalue weighted by Crippen LogP contribution is -2.32. The fourth-order valence-electron chi connectivity index (χ4n) is 6.75. The maximum atomic E-state index is 2.38. The van der Waals surface area contributed by atoms with Gasteiger partial charge in [-0.3, -0.25) is 0 Å². The predicted octanol–water partition coefficient (Wildman–Crippen LogP) is 13.6. The monoisotopic (exact) mass is 684 g/mol. The van der Waals surface area contributed by atoms with Crippen LogP contribution in [0.1, 0.15) is 0 Å². The second-order valence-electron chi connectivity index (χ2n) is 12.7. The first-order chi connectivity index (χ1) is 26.3. The average Bonchev–Trinajstić information content (AvgIpc) is 3.24. The molecule has 256 valence electrons. The summed E-state index contributed by atoms with van der Waals surface area (Å²) >= 11 is 0. The third kappa shape index (κ3) is 7.53. The van der Waals surface area contributed by atoms with Gasteiger partial charge in [-0.15, -0.1) is 0 Å². The number of para-hydroxylation sites is 6. The van der Waals surface area contributed by atoms with Crippen molar-refractivity contribution in [1.82, 2.24) is 0 Å². The van der Waals surface area contributed by atoms with Crippen molar-refractivity contribution in [1.29, 1.82) is 0 Å². The van der Waals surface area contributed by atoms with Gasteiger partial charge in [0.15, 0.2) is 0 Å². The van der Waals surface area contributed by atoms with Gasteiger partial charge in [-0.1, -0.05) is 109 Å². The van der Waals surface area contributed by atoms with Crippen LogP contribution in [0, 0.1) is 0 Å². The van der Waals surface area contributed by atoms with Crippen LogP contribution < -0.4 is 19.6 Å². The van der Waals surface area contributed by atoms with Crippen molar-refractivity contribution in [2.45, 2.75) is 0 Å². The predicted molar refractivity (Wildman–Crippen MR) is 224 cm³/mol. The minimum atomic E-state index is 0.592. The highest BCUT2D eigenvalue weighted by Gasteiger charge is 2.19. The number of hydrogen-bond acceptors (Lipinski definition) is 4. The van der Waals surface area contributed by atoms with Crippen molar-refractivity contribution in [2.24, 2.45) is 0 Å². The number of nitrogens with zero attached hydrogens (tertiary/aromatic N) is 4. The van der Waals surface area contributed by atoms with Gasteiger partial charge in [-0.05, 0) is 121 Å². The first-order valence-corrected chi connectivity index (χ1v) is 18.0. The van der Waals surface area contributed by atoms with E-state index in [0.717, 1.165) is 56.9 Å². The van der Waals surface area contributed by atoms with Gasteiger partial charge in [0, 0.05) is 56.9 Å². The molecule has 53 heavy (non-hydrogen) atoms. The van der Waals surface area contributed by atoms with Gasteiger partial charge in [0.05, 0.1) is 6.67 Å². The molecular weight excluding hydrogens is 645 g/mol. The molecule has 0 spiro atoms. The summed E-state index contributed by atoms with van der Waals surface area (Å²) in [7, 11) is 0. The summed E-state index contributed by atoms with van der Waals surface area (Å²) in [6.07, 6.45) is 0. The molecule has 4 heteroatoms. The summed E-state index contributed by atoms with van der Waals surface area (Å²) in [5.41, 5.74) is 11.1. The lowest BCUT2D eigenvalue weighted by Gasteiger charge is -2.34. The first-order valence-electron chi connectivity index (χ1n) is 18.0. The molecule has 0 amide bonds. The molecule has 0 aliphatic heterocycles. The zero-order valence-electron chi connectivity index (χ0n) is 29.4. The lowest BCUT2D eigenvalue weighted by atomic mass is 10.1. The molecular formula is C49H40N4. The second-order valence-corrected chi connectivity index (χ2v) is 12.7. The van der Waals surface area contributed by atoms with E-state index in [4.69, 9.17) is 0 Å². The van der Waals surface area contributed by atoms with Crippen molar-refractivity contribution in [3.05, 3.63) is 231 Å². The number of benzene rings is 8. The van der Waals surface area contributed by atoms with Crippen LogP contribution in [0.15, 0.2) is 231 Å². The molecule has 0 saturated heterocycles. The average molecular weight is 685 g/mol. The van der Waals surface area contributed by atoms with Gasteiger partial charge in [0.25, 0.3) is 0 Å². The van der Waals surface area contributed by atoms with E-state index in [1.165, 1.54) is 0 Å². The van der Waals surface area contributed by atoms with Gasteiger partial charge >= 0.3 is 0 Å². The summed E-state index contributed by atoms with van der Waals surface area (Å²) in [4.78, 5) is 9.34. The van der Waals surface area contributed by atoms with Crippen molar-refractivity contribution >= 4 is 56.9 Å². The Kier molecular flexibility index (Phi) is 9.93. The Morgan fingerprint density at radius 3 is 0.604 bits per heavy atom. The van der Waals surface area contributed by atoms with E-state index in [1.54, 1.807) is 0 Å².